The highest BCUT2D eigenvalue weighted by Gasteiger charge is 2.27. The molecule has 1 saturated carbocycles. The molecule has 1 aliphatic carbocycles. The van der Waals surface area contributed by atoms with Gasteiger partial charge in [-0.3, -0.25) is 14.4 Å². The second-order valence-electron chi connectivity index (χ2n) is 6.23. The first-order chi connectivity index (χ1) is 11.4. The van der Waals surface area contributed by atoms with E-state index in [1.807, 2.05) is 19.9 Å². The second kappa shape index (κ2) is 8.28. The summed E-state index contributed by atoms with van der Waals surface area (Å²) in [7, 11) is 0. The second-order valence-corrected chi connectivity index (χ2v) is 7.09. The topological polar surface area (TPSA) is 87.3 Å². The largest absolute Gasteiger partial charge is 0.352 e. The number of benzene rings is 1. The minimum atomic E-state index is -0.710. The highest BCUT2D eigenvalue weighted by atomic mass is 79.9. The predicted molar refractivity (Wildman–Crippen MR) is 94.4 cm³/mol. The van der Waals surface area contributed by atoms with Crippen molar-refractivity contribution < 1.29 is 14.4 Å². The normalized spacial score (nSPS) is 14.8. The number of halogens is 1. The minimum Gasteiger partial charge on any atom is -0.352 e. The molecule has 0 spiro atoms. The summed E-state index contributed by atoms with van der Waals surface area (Å²) in [5, 5.41) is 8.13. The maximum atomic E-state index is 12.4. The molecular formula is C17H22BrN3O3. The summed E-state index contributed by atoms with van der Waals surface area (Å²) in [6, 6.07) is 6.56. The highest BCUT2D eigenvalue weighted by Crippen LogP contribution is 2.18. The van der Waals surface area contributed by atoms with Crippen molar-refractivity contribution in [2.75, 3.05) is 6.54 Å². The summed E-state index contributed by atoms with van der Waals surface area (Å²) in [5.41, 5.74) is 0.461. The Hall–Kier alpha value is -1.89. The summed E-state index contributed by atoms with van der Waals surface area (Å²) >= 11 is 3.33. The molecule has 130 valence electrons. The molecule has 6 nitrogen and oxygen atoms in total. The molecule has 0 heterocycles. The lowest BCUT2D eigenvalue weighted by molar-refractivity contribution is -0.127. The lowest BCUT2D eigenvalue weighted by Gasteiger charge is -2.22. The van der Waals surface area contributed by atoms with Crippen molar-refractivity contribution in [3.63, 3.8) is 0 Å². The quantitative estimate of drug-likeness (QED) is 0.654. The molecule has 1 atom stereocenters. The van der Waals surface area contributed by atoms with Crippen molar-refractivity contribution in [1.29, 1.82) is 0 Å². The first-order valence-corrected chi connectivity index (χ1v) is 8.80. The van der Waals surface area contributed by atoms with Gasteiger partial charge in [0.25, 0.3) is 5.91 Å². The third kappa shape index (κ3) is 5.33. The molecule has 0 saturated heterocycles. The summed E-state index contributed by atoms with van der Waals surface area (Å²) < 4.78 is 0.661. The van der Waals surface area contributed by atoms with Gasteiger partial charge < -0.3 is 16.0 Å². The Morgan fingerprint density at radius 3 is 2.46 bits per heavy atom. The van der Waals surface area contributed by atoms with E-state index in [0.29, 0.717) is 10.0 Å². The molecule has 2 rings (SSSR count). The van der Waals surface area contributed by atoms with Crippen LogP contribution in [0.1, 0.15) is 37.0 Å². The van der Waals surface area contributed by atoms with Crippen LogP contribution in [0.2, 0.25) is 0 Å². The molecule has 3 N–H and O–H groups in total. The van der Waals surface area contributed by atoms with Gasteiger partial charge in [-0.15, -0.1) is 0 Å². The van der Waals surface area contributed by atoms with E-state index in [0.717, 1.165) is 12.8 Å². The van der Waals surface area contributed by atoms with Crippen molar-refractivity contribution in [2.24, 2.45) is 5.92 Å². The Morgan fingerprint density at radius 2 is 1.88 bits per heavy atom. The Balaban J connectivity index is 1.92. The van der Waals surface area contributed by atoms with Gasteiger partial charge in [-0.05, 0) is 46.8 Å². The molecule has 0 bridgehead atoms. The van der Waals surface area contributed by atoms with Crippen molar-refractivity contribution in [3.8, 4) is 0 Å². The third-order valence-electron chi connectivity index (χ3n) is 3.72. The zero-order valence-corrected chi connectivity index (χ0v) is 15.4. The monoisotopic (exact) mass is 395 g/mol. The Morgan fingerprint density at radius 1 is 1.21 bits per heavy atom. The molecule has 3 amide bonds. The number of hydrogen-bond acceptors (Lipinski definition) is 3. The summed E-state index contributed by atoms with van der Waals surface area (Å²) in [6.45, 7) is 3.60. The summed E-state index contributed by atoms with van der Waals surface area (Å²) in [5.74, 6) is -1.01. The van der Waals surface area contributed by atoms with Gasteiger partial charge in [0.15, 0.2) is 0 Å². The average Bonchev–Trinajstić information content (AvgIpc) is 3.34. The Labute approximate surface area is 149 Å². The predicted octanol–water partition coefficient (Wildman–Crippen LogP) is 1.60. The smallest absolute Gasteiger partial charge is 0.253 e. The minimum absolute atomic E-state index is 0.0799. The molecule has 0 aromatic heterocycles. The number of rotatable bonds is 7. The maximum absolute atomic E-state index is 12.4. The molecule has 1 aliphatic rings. The summed E-state index contributed by atoms with van der Waals surface area (Å²) in [6.07, 6.45) is 1.99. The molecule has 24 heavy (non-hydrogen) atoms. The molecule has 1 fully saturated rings. The van der Waals surface area contributed by atoms with E-state index in [2.05, 4.69) is 31.9 Å². The van der Waals surface area contributed by atoms with Gasteiger partial charge in [0.1, 0.15) is 6.04 Å². The first-order valence-electron chi connectivity index (χ1n) is 8.01. The van der Waals surface area contributed by atoms with E-state index < -0.39 is 6.04 Å². The SMILES string of the molecule is CC(C)C(NC(=O)c1ccccc1Br)C(=O)NCC(=O)NC1CC1. The number of nitrogens with one attached hydrogen (secondary N) is 3. The van der Waals surface area contributed by atoms with E-state index >= 15 is 0 Å². The van der Waals surface area contributed by atoms with E-state index in [1.54, 1.807) is 18.2 Å². The van der Waals surface area contributed by atoms with Crippen molar-refractivity contribution in [1.82, 2.24) is 16.0 Å². The van der Waals surface area contributed by atoms with Crippen LogP contribution < -0.4 is 16.0 Å². The number of amides is 3. The average molecular weight is 396 g/mol. The lowest BCUT2D eigenvalue weighted by atomic mass is 10.0. The van der Waals surface area contributed by atoms with Crippen LogP contribution in [0.25, 0.3) is 0 Å². The fraction of sp³-hybridized carbons (Fsp3) is 0.471. The van der Waals surface area contributed by atoms with Crippen LogP contribution in [0.15, 0.2) is 28.7 Å². The van der Waals surface area contributed by atoms with Crippen LogP contribution in [-0.2, 0) is 9.59 Å². The van der Waals surface area contributed by atoms with Crippen LogP contribution in [0.5, 0.6) is 0 Å². The first kappa shape index (κ1) is 18.4. The van der Waals surface area contributed by atoms with Gasteiger partial charge in [0.2, 0.25) is 11.8 Å². The van der Waals surface area contributed by atoms with Crippen molar-refractivity contribution >= 4 is 33.7 Å². The number of hydrogen-bond donors (Lipinski definition) is 3. The fourth-order valence-corrected chi connectivity index (χ4v) is 2.65. The molecule has 1 aromatic rings. The molecular weight excluding hydrogens is 374 g/mol. The number of carbonyl (C=O) groups is 3. The Kier molecular flexibility index (Phi) is 6.36. The zero-order chi connectivity index (χ0) is 17.7. The zero-order valence-electron chi connectivity index (χ0n) is 13.8. The van der Waals surface area contributed by atoms with E-state index in [-0.39, 0.29) is 36.2 Å². The number of carbonyl (C=O) groups excluding carboxylic acids is 3. The third-order valence-corrected chi connectivity index (χ3v) is 4.41. The van der Waals surface area contributed by atoms with Gasteiger partial charge in [-0.1, -0.05) is 26.0 Å². The van der Waals surface area contributed by atoms with Crippen LogP contribution in [0, 0.1) is 5.92 Å². The summed E-state index contributed by atoms with van der Waals surface area (Å²) in [4.78, 5) is 36.4. The maximum Gasteiger partial charge on any atom is 0.253 e. The van der Waals surface area contributed by atoms with Gasteiger partial charge in [0, 0.05) is 10.5 Å². The van der Waals surface area contributed by atoms with E-state index in [4.69, 9.17) is 0 Å². The molecule has 7 heteroatoms. The van der Waals surface area contributed by atoms with Crippen molar-refractivity contribution in [2.45, 2.75) is 38.8 Å². The van der Waals surface area contributed by atoms with Gasteiger partial charge in [-0.2, -0.15) is 0 Å². The van der Waals surface area contributed by atoms with Crippen LogP contribution in [0.3, 0.4) is 0 Å². The lowest BCUT2D eigenvalue weighted by Crippen LogP contribution is -2.51. The molecule has 0 aliphatic heterocycles. The molecule has 1 aromatic carbocycles. The van der Waals surface area contributed by atoms with Crippen LogP contribution >= 0.6 is 15.9 Å². The van der Waals surface area contributed by atoms with Crippen LogP contribution in [-0.4, -0.2) is 36.3 Å². The van der Waals surface area contributed by atoms with Crippen LogP contribution in [0.4, 0.5) is 0 Å². The van der Waals surface area contributed by atoms with E-state index in [1.165, 1.54) is 0 Å². The molecule has 1 unspecified atom stereocenters. The molecule has 0 radical (unpaired) electrons. The standard InChI is InChI=1S/C17H22BrN3O3/c1-10(2)15(17(24)19-9-14(22)20-11-7-8-11)21-16(23)12-5-3-4-6-13(12)18/h3-6,10-11,15H,7-9H2,1-2H3,(H,19,24)(H,20,22)(H,21,23). The van der Waals surface area contributed by atoms with Crippen molar-refractivity contribution in [3.05, 3.63) is 34.3 Å². The van der Waals surface area contributed by atoms with Gasteiger partial charge in [-0.25, -0.2) is 0 Å². The van der Waals surface area contributed by atoms with Gasteiger partial charge >= 0.3 is 0 Å². The Bertz CT molecular complexity index is 629. The van der Waals surface area contributed by atoms with Gasteiger partial charge in [0.05, 0.1) is 12.1 Å². The highest BCUT2D eigenvalue weighted by molar-refractivity contribution is 9.10. The fourth-order valence-electron chi connectivity index (χ4n) is 2.18. The van der Waals surface area contributed by atoms with E-state index in [9.17, 15) is 14.4 Å².